The maximum atomic E-state index is 6.38. The zero-order chi connectivity index (χ0) is 13.2. The molecule has 0 spiro atoms. The molecule has 4 heteroatoms. The highest BCUT2D eigenvalue weighted by Gasteiger charge is 2.22. The zero-order valence-corrected chi connectivity index (χ0v) is 11.1. The van der Waals surface area contributed by atoms with Crippen LogP contribution >= 0.6 is 0 Å². The predicted molar refractivity (Wildman–Crippen MR) is 71.4 cm³/mol. The summed E-state index contributed by atoms with van der Waals surface area (Å²) >= 11 is 0. The van der Waals surface area contributed by atoms with Gasteiger partial charge in [-0.05, 0) is 30.7 Å². The van der Waals surface area contributed by atoms with Crippen molar-refractivity contribution in [3.05, 3.63) is 47.8 Å². The number of hydrogen-bond donors (Lipinski definition) is 1. The standard InChI is InChI=1S/C14H19N3O/c1-14(15,10-12-8-9-17(2)16-12)11-4-6-13(18-3)7-5-11/h4-9H,10,15H2,1-3H3. The smallest absolute Gasteiger partial charge is 0.118 e. The molecule has 2 N–H and O–H groups in total. The van der Waals surface area contributed by atoms with Crippen LogP contribution in [0.1, 0.15) is 18.2 Å². The number of aryl methyl sites for hydroxylation is 1. The molecule has 18 heavy (non-hydrogen) atoms. The van der Waals surface area contributed by atoms with Crippen molar-refractivity contribution in [2.24, 2.45) is 12.8 Å². The summed E-state index contributed by atoms with van der Waals surface area (Å²) < 4.78 is 6.94. The van der Waals surface area contributed by atoms with Gasteiger partial charge in [-0.25, -0.2) is 0 Å². The lowest BCUT2D eigenvalue weighted by Crippen LogP contribution is -2.35. The lowest BCUT2D eigenvalue weighted by Gasteiger charge is -2.24. The zero-order valence-electron chi connectivity index (χ0n) is 11.1. The van der Waals surface area contributed by atoms with Gasteiger partial charge in [0, 0.05) is 25.2 Å². The van der Waals surface area contributed by atoms with Crippen molar-refractivity contribution < 1.29 is 4.74 Å². The topological polar surface area (TPSA) is 53.1 Å². The molecule has 1 aromatic carbocycles. The minimum absolute atomic E-state index is 0.430. The average molecular weight is 245 g/mol. The van der Waals surface area contributed by atoms with Crippen LogP contribution in [0.3, 0.4) is 0 Å². The van der Waals surface area contributed by atoms with Crippen LogP contribution in [0.25, 0.3) is 0 Å². The number of aromatic nitrogens is 2. The largest absolute Gasteiger partial charge is 0.497 e. The lowest BCUT2D eigenvalue weighted by molar-refractivity contribution is 0.413. The van der Waals surface area contributed by atoms with Crippen molar-refractivity contribution in [1.82, 2.24) is 9.78 Å². The Labute approximate surface area is 107 Å². The van der Waals surface area contributed by atoms with Crippen LogP contribution in [-0.4, -0.2) is 16.9 Å². The van der Waals surface area contributed by atoms with Gasteiger partial charge in [-0.15, -0.1) is 0 Å². The van der Waals surface area contributed by atoms with Gasteiger partial charge in [0.1, 0.15) is 5.75 Å². The minimum atomic E-state index is -0.430. The van der Waals surface area contributed by atoms with Crippen molar-refractivity contribution in [2.45, 2.75) is 18.9 Å². The Hall–Kier alpha value is -1.81. The molecule has 0 bridgehead atoms. The normalized spacial score (nSPS) is 14.2. The third-order valence-electron chi connectivity index (χ3n) is 3.07. The predicted octanol–water partition coefficient (Wildman–Crippen LogP) is 1.85. The fourth-order valence-corrected chi connectivity index (χ4v) is 2.01. The van der Waals surface area contributed by atoms with E-state index in [0.29, 0.717) is 6.42 Å². The number of methoxy groups -OCH3 is 1. The highest BCUT2D eigenvalue weighted by Crippen LogP contribution is 2.24. The second-order valence-corrected chi connectivity index (χ2v) is 4.80. The van der Waals surface area contributed by atoms with E-state index in [-0.39, 0.29) is 0 Å². The van der Waals surface area contributed by atoms with Gasteiger partial charge in [0.25, 0.3) is 0 Å². The number of nitrogens with zero attached hydrogens (tertiary/aromatic N) is 2. The molecule has 4 nitrogen and oxygen atoms in total. The van der Waals surface area contributed by atoms with Gasteiger partial charge < -0.3 is 10.5 Å². The Morgan fingerprint density at radius 3 is 2.44 bits per heavy atom. The van der Waals surface area contributed by atoms with Crippen LogP contribution in [0.2, 0.25) is 0 Å². The molecule has 2 aromatic rings. The highest BCUT2D eigenvalue weighted by molar-refractivity contribution is 5.32. The Kier molecular flexibility index (Phi) is 3.39. The summed E-state index contributed by atoms with van der Waals surface area (Å²) in [5, 5.41) is 4.37. The van der Waals surface area contributed by atoms with E-state index in [4.69, 9.17) is 10.5 Å². The molecule has 0 fully saturated rings. The van der Waals surface area contributed by atoms with Crippen LogP contribution in [0.5, 0.6) is 5.75 Å². The summed E-state index contributed by atoms with van der Waals surface area (Å²) in [4.78, 5) is 0. The molecular formula is C14H19N3O. The molecule has 1 atom stereocenters. The molecule has 0 saturated carbocycles. The van der Waals surface area contributed by atoms with E-state index in [9.17, 15) is 0 Å². The first-order valence-corrected chi connectivity index (χ1v) is 5.93. The summed E-state index contributed by atoms with van der Waals surface area (Å²) in [6.45, 7) is 2.02. The number of rotatable bonds is 4. The first kappa shape index (κ1) is 12.6. The van der Waals surface area contributed by atoms with E-state index in [1.807, 2.05) is 50.5 Å². The SMILES string of the molecule is COc1ccc(C(C)(N)Cc2ccn(C)n2)cc1. The van der Waals surface area contributed by atoms with Crippen molar-refractivity contribution in [3.63, 3.8) is 0 Å². The summed E-state index contributed by atoms with van der Waals surface area (Å²) in [5.41, 5.74) is 8.03. The molecule has 2 rings (SSSR count). The molecule has 0 saturated heterocycles. The van der Waals surface area contributed by atoms with E-state index >= 15 is 0 Å². The second-order valence-electron chi connectivity index (χ2n) is 4.80. The summed E-state index contributed by atoms with van der Waals surface area (Å²) in [5.74, 6) is 0.840. The first-order valence-electron chi connectivity index (χ1n) is 5.93. The summed E-state index contributed by atoms with van der Waals surface area (Å²) in [7, 11) is 3.56. The van der Waals surface area contributed by atoms with Gasteiger partial charge in [0.2, 0.25) is 0 Å². The van der Waals surface area contributed by atoms with Gasteiger partial charge in [0.15, 0.2) is 0 Å². The molecule has 0 radical (unpaired) electrons. The van der Waals surface area contributed by atoms with Crippen molar-refractivity contribution >= 4 is 0 Å². The average Bonchev–Trinajstić information content (AvgIpc) is 2.74. The second kappa shape index (κ2) is 4.82. The van der Waals surface area contributed by atoms with Gasteiger partial charge in [-0.2, -0.15) is 5.10 Å². The number of ether oxygens (including phenoxy) is 1. The van der Waals surface area contributed by atoms with Crippen LogP contribution in [0, 0.1) is 0 Å². The molecule has 0 aliphatic rings. The summed E-state index contributed by atoms with van der Waals surface area (Å²) in [6.07, 6.45) is 2.64. The fraction of sp³-hybridized carbons (Fsp3) is 0.357. The fourth-order valence-electron chi connectivity index (χ4n) is 2.01. The Bertz CT molecular complexity index is 514. The lowest BCUT2D eigenvalue weighted by atomic mass is 9.88. The van der Waals surface area contributed by atoms with Crippen LogP contribution in [0.4, 0.5) is 0 Å². The third kappa shape index (κ3) is 2.71. The number of hydrogen-bond acceptors (Lipinski definition) is 3. The van der Waals surface area contributed by atoms with E-state index in [2.05, 4.69) is 5.10 Å². The highest BCUT2D eigenvalue weighted by atomic mass is 16.5. The van der Waals surface area contributed by atoms with E-state index in [1.54, 1.807) is 11.8 Å². The van der Waals surface area contributed by atoms with Gasteiger partial charge >= 0.3 is 0 Å². The van der Waals surface area contributed by atoms with Crippen molar-refractivity contribution in [3.8, 4) is 5.75 Å². The van der Waals surface area contributed by atoms with E-state index in [1.165, 1.54) is 0 Å². The molecule has 0 aliphatic carbocycles. The maximum Gasteiger partial charge on any atom is 0.118 e. The molecule has 1 unspecified atom stereocenters. The van der Waals surface area contributed by atoms with Crippen molar-refractivity contribution in [1.29, 1.82) is 0 Å². The van der Waals surface area contributed by atoms with E-state index in [0.717, 1.165) is 17.0 Å². The summed E-state index contributed by atoms with van der Waals surface area (Å²) in [6, 6.07) is 9.86. The number of nitrogens with two attached hydrogens (primary N) is 1. The molecule has 1 aromatic heterocycles. The first-order chi connectivity index (χ1) is 8.51. The molecule has 96 valence electrons. The Balaban J connectivity index is 2.18. The van der Waals surface area contributed by atoms with Crippen LogP contribution < -0.4 is 10.5 Å². The molecule has 0 amide bonds. The molecule has 1 heterocycles. The minimum Gasteiger partial charge on any atom is -0.497 e. The van der Waals surface area contributed by atoms with Crippen molar-refractivity contribution in [2.75, 3.05) is 7.11 Å². The van der Waals surface area contributed by atoms with Crippen LogP contribution in [-0.2, 0) is 19.0 Å². The van der Waals surface area contributed by atoms with Gasteiger partial charge in [-0.1, -0.05) is 12.1 Å². The quantitative estimate of drug-likeness (QED) is 0.894. The molecule has 0 aliphatic heterocycles. The Morgan fingerprint density at radius 1 is 1.28 bits per heavy atom. The molecular weight excluding hydrogens is 226 g/mol. The maximum absolute atomic E-state index is 6.38. The Morgan fingerprint density at radius 2 is 1.94 bits per heavy atom. The third-order valence-corrected chi connectivity index (χ3v) is 3.07. The van der Waals surface area contributed by atoms with Crippen LogP contribution in [0.15, 0.2) is 36.5 Å². The van der Waals surface area contributed by atoms with E-state index < -0.39 is 5.54 Å². The monoisotopic (exact) mass is 245 g/mol. The number of benzene rings is 1. The van der Waals surface area contributed by atoms with Gasteiger partial charge in [-0.3, -0.25) is 4.68 Å². The van der Waals surface area contributed by atoms with Gasteiger partial charge in [0.05, 0.1) is 12.8 Å².